The average molecular weight is 323 g/mol. The van der Waals surface area contributed by atoms with Crippen molar-refractivity contribution >= 4 is 55.9 Å². The Labute approximate surface area is 118 Å². The number of anilines is 2. The number of nitrogen functional groups attached to an aromatic ring is 1. The van der Waals surface area contributed by atoms with Crippen molar-refractivity contribution in [2.75, 3.05) is 10.5 Å². The summed E-state index contributed by atoms with van der Waals surface area (Å²) >= 11 is 12.8. The fourth-order valence-corrected chi connectivity index (χ4v) is 3.80. The summed E-state index contributed by atoms with van der Waals surface area (Å²) in [5, 5.41) is 1.99. The molecule has 0 saturated carbocycles. The quantitative estimate of drug-likeness (QED) is 0.909. The molecule has 3 N–H and O–H groups in total. The first-order valence-corrected chi connectivity index (χ1v) is 7.83. The van der Waals surface area contributed by atoms with Gasteiger partial charge in [0.2, 0.25) is 0 Å². The molecule has 0 spiro atoms. The second-order valence-electron chi connectivity index (χ2n) is 3.41. The molecule has 0 amide bonds. The van der Waals surface area contributed by atoms with Gasteiger partial charge in [0.1, 0.15) is 4.21 Å². The summed E-state index contributed by atoms with van der Waals surface area (Å²) in [5.41, 5.74) is 6.13. The van der Waals surface area contributed by atoms with Gasteiger partial charge in [-0.1, -0.05) is 29.3 Å². The number of nitrogens with two attached hydrogens (primary N) is 1. The van der Waals surface area contributed by atoms with Crippen LogP contribution in [0.3, 0.4) is 0 Å². The predicted octanol–water partition coefficient (Wildman–Crippen LogP) is 3.44. The first-order chi connectivity index (χ1) is 8.40. The van der Waals surface area contributed by atoms with Crippen molar-refractivity contribution in [3.05, 3.63) is 39.7 Å². The molecule has 0 saturated heterocycles. The van der Waals surface area contributed by atoms with Gasteiger partial charge in [-0.3, -0.25) is 4.72 Å². The van der Waals surface area contributed by atoms with Gasteiger partial charge in [-0.2, -0.15) is 0 Å². The maximum Gasteiger partial charge on any atom is 0.271 e. The topological polar surface area (TPSA) is 72.2 Å². The zero-order chi connectivity index (χ0) is 13.3. The molecule has 0 atom stereocenters. The fourth-order valence-electron chi connectivity index (χ4n) is 1.25. The van der Waals surface area contributed by atoms with Gasteiger partial charge in [0.25, 0.3) is 10.0 Å². The summed E-state index contributed by atoms with van der Waals surface area (Å²) < 4.78 is 26.5. The lowest BCUT2D eigenvalue weighted by molar-refractivity contribution is 0.603. The minimum Gasteiger partial charge on any atom is -0.398 e. The number of halogens is 2. The van der Waals surface area contributed by atoms with E-state index in [1.54, 1.807) is 17.5 Å². The second kappa shape index (κ2) is 4.97. The smallest absolute Gasteiger partial charge is 0.271 e. The van der Waals surface area contributed by atoms with Gasteiger partial charge in [0, 0.05) is 11.1 Å². The van der Waals surface area contributed by atoms with Crippen molar-refractivity contribution in [3.63, 3.8) is 0 Å². The van der Waals surface area contributed by atoms with Crippen LogP contribution in [0.25, 0.3) is 0 Å². The van der Waals surface area contributed by atoms with Crippen LogP contribution in [0.2, 0.25) is 10.0 Å². The molecule has 0 radical (unpaired) electrons. The number of rotatable bonds is 3. The number of nitrogens with one attached hydrogen (secondary N) is 1. The molecule has 0 unspecified atom stereocenters. The number of hydrogen-bond acceptors (Lipinski definition) is 4. The summed E-state index contributed by atoms with van der Waals surface area (Å²) in [4.78, 5) is 0. The maximum atomic E-state index is 12.0. The largest absolute Gasteiger partial charge is 0.398 e. The molecule has 18 heavy (non-hydrogen) atoms. The van der Waals surface area contributed by atoms with Crippen molar-refractivity contribution in [1.29, 1.82) is 0 Å². The molecule has 1 heterocycles. The molecule has 8 heteroatoms. The minimum atomic E-state index is -3.69. The van der Waals surface area contributed by atoms with E-state index in [-0.39, 0.29) is 19.9 Å². The van der Waals surface area contributed by atoms with E-state index < -0.39 is 10.0 Å². The van der Waals surface area contributed by atoms with Crippen LogP contribution in [-0.2, 0) is 10.0 Å². The second-order valence-corrected chi connectivity index (χ2v) is 7.01. The third-order valence-electron chi connectivity index (χ3n) is 2.06. The summed E-state index contributed by atoms with van der Waals surface area (Å²) in [5.74, 6) is 0. The molecular formula is C10H8Cl2N2O2S2. The van der Waals surface area contributed by atoms with Crippen LogP contribution >= 0.6 is 34.5 Å². The summed E-state index contributed by atoms with van der Waals surface area (Å²) in [6, 6.07) is 6.09. The predicted molar refractivity (Wildman–Crippen MR) is 76.0 cm³/mol. The van der Waals surface area contributed by atoms with Gasteiger partial charge >= 0.3 is 0 Å². The Hall–Kier alpha value is -0.950. The molecular weight excluding hydrogens is 315 g/mol. The molecule has 0 bridgehead atoms. The lowest BCUT2D eigenvalue weighted by Gasteiger charge is -2.08. The summed E-state index contributed by atoms with van der Waals surface area (Å²) in [7, 11) is -3.69. The average Bonchev–Trinajstić information content (AvgIpc) is 2.72. The monoisotopic (exact) mass is 322 g/mol. The molecule has 1 aromatic heterocycles. The first-order valence-electron chi connectivity index (χ1n) is 4.71. The standard InChI is InChI=1S/C10H8Cl2N2O2S2/c11-7-2-1-3-8(10(7)12)14-18(15,16)9-4-6(13)5-17-9/h1-5,14H,13H2. The van der Waals surface area contributed by atoms with E-state index in [0.29, 0.717) is 5.69 Å². The van der Waals surface area contributed by atoms with Crippen molar-refractivity contribution in [2.45, 2.75) is 4.21 Å². The van der Waals surface area contributed by atoms with Gasteiger partial charge in [-0.05, 0) is 18.2 Å². The normalized spacial score (nSPS) is 11.4. The lowest BCUT2D eigenvalue weighted by atomic mass is 10.3. The number of sulfonamides is 1. The molecule has 0 aliphatic rings. The highest BCUT2D eigenvalue weighted by Gasteiger charge is 2.18. The van der Waals surface area contributed by atoms with Gasteiger partial charge in [-0.15, -0.1) is 11.3 Å². The first kappa shape index (κ1) is 13.5. The Morgan fingerprint density at radius 1 is 1.28 bits per heavy atom. The lowest BCUT2D eigenvalue weighted by Crippen LogP contribution is -2.11. The van der Waals surface area contributed by atoms with E-state index in [2.05, 4.69) is 4.72 Å². The van der Waals surface area contributed by atoms with Crippen molar-refractivity contribution < 1.29 is 8.42 Å². The maximum absolute atomic E-state index is 12.0. The number of thiophene rings is 1. The highest BCUT2D eigenvalue weighted by Crippen LogP contribution is 2.32. The Morgan fingerprint density at radius 3 is 2.61 bits per heavy atom. The molecule has 2 aromatic rings. The van der Waals surface area contributed by atoms with Crippen LogP contribution < -0.4 is 10.5 Å². The Kier molecular flexibility index (Phi) is 3.72. The Bertz CT molecular complexity index is 683. The van der Waals surface area contributed by atoms with Crippen LogP contribution in [-0.4, -0.2) is 8.42 Å². The molecule has 0 aliphatic carbocycles. The van der Waals surface area contributed by atoms with Crippen LogP contribution in [0.5, 0.6) is 0 Å². The molecule has 4 nitrogen and oxygen atoms in total. The van der Waals surface area contributed by atoms with Crippen molar-refractivity contribution in [3.8, 4) is 0 Å². The molecule has 96 valence electrons. The van der Waals surface area contributed by atoms with E-state index >= 15 is 0 Å². The third-order valence-corrected chi connectivity index (χ3v) is 5.70. The molecule has 0 fully saturated rings. The van der Waals surface area contributed by atoms with Crippen molar-refractivity contribution in [1.82, 2.24) is 0 Å². The highest BCUT2D eigenvalue weighted by molar-refractivity contribution is 7.94. The number of hydrogen-bond donors (Lipinski definition) is 2. The van der Waals surface area contributed by atoms with Gasteiger partial charge < -0.3 is 5.73 Å². The molecule has 0 aliphatic heterocycles. The fraction of sp³-hybridized carbons (Fsp3) is 0. The van der Waals surface area contributed by atoms with Crippen LogP contribution in [0.1, 0.15) is 0 Å². The Balaban J connectivity index is 2.37. The zero-order valence-electron chi connectivity index (χ0n) is 8.85. The SMILES string of the molecule is Nc1csc(S(=O)(=O)Nc2cccc(Cl)c2Cl)c1. The zero-order valence-corrected chi connectivity index (χ0v) is 12.0. The van der Waals surface area contributed by atoms with E-state index in [1.165, 1.54) is 12.1 Å². The summed E-state index contributed by atoms with van der Waals surface area (Å²) in [6.45, 7) is 0. The van der Waals surface area contributed by atoms with Crippen LogP contribution in [0.4, 0.5) is 11.4 Å². The Morgan fingerprint density at radius 2 is 2.00 bits per heavy atom. The molecule has 2 rings (SSSR count). The van der Waals surface area contributed by atoms with E-state index in [0.717, 1.165) is 11.3 Å². The minimum absolute atomic E-state index is 0.121. The van der Waals surface area contributed by atoms with Gasteiger partial charge in [0.15, 0.2) is 0 Å². The van der Waals surface area contributed by atoms with Gasteiger partial charge in [-0.25, -0.2) is 8.42 Å². The van der Waals surface area contributed by atoms with Crippen LogP contribution in [0.15, 0.2) is 33.9 Å². The van der Waals surface area contributed by atoms with E-state index in [4.69, 9.17) is 28.9 Å². The third kappa shape index (κ3) is 2.72. The summed E-state index contributed by atoms with van der Waals surface area (Å²) in [6.07, 6.45) is 0. The van der Waals surface area contributed by atoms with E-state index in [9.17, 15) is 8.42 Å². The van der Waals surface area contributed by atoms with Crippen LogP contribution in [0, 0.1) is 0 Å². The van der Waals surface area contributed by atoms with E-state index in [1.807, 2.05) is 0 Å². The highest BCUT2D eigenvalue weighted by atomic mass is 35.5. The molecule has 1 aromatic carbocycles. The van der Waals surface area contributed by atoms with Gasteiger partial charge in [0.05, 0.1) is 15.7 Å². The van der Waals surface area contributed by atoms with Crippen molar-refractivity contribution in [2.24, 2.45) is 0 Å². The number of benzene rings is 1.